The predicted octanol–water partition coefficient (Wildman–Crippen LogP) is 5.81. The van der Waals surface area contributed by atoms with Crippen molar-refractivity contribution in [3.63, 3.8) is 0 Å². The topological polar surface area (TPSA) is 141 Å². The number of hydrogen-bond donors (Lipinski definition) is 3. The van der Waals surface area contributed by atoms with Crippen molar-refractivity contribution < 1.29 is 18.4 Å². The monoisotopic (exact) mass is 569 g/mol. The summed E-state index contributed by atoms with van der Waals surface area (Å²) in [5.41, 5.74) is 3.64. The van der Waals surface area contributed by atoms with Gasteiger partial charge in [-0.1, -0.05) is 48.5 Å². The minimum atomic E-state index is -4.13. The first kappa shape index (κ1) is 27.6. The van der Waals surface area contributed by atoms with Crippen LogP contribution in [-0.2, 0) is 16.6 Å². The van der Waals surface area contributed by atoms with Gasteiger partial charge in [0.15, 0.2) is 5.88 Å². The van der Waals surface area contributed by atoms with Crippen molar-refractivity contribution in [1.29, 1.82) is 0 Å². The molecule has 1 heterocycles. The summed E-state index contributed by atoms with van der Waals surface area (Å²) in [5, 5.41) is 22.6. The highest BCUT2D eigenvalue weighted by Crippen LogP contribution is 2.33. The Morgan fingerprint density at radius 1 is 0.976 bits per heavy atom. The largest absolute Gasteiger partial charge is 0.494 e. The quantitative estimate of drug-likeness (QED) is 0.116. The van der Waals surface area contributed by atoms with Crippen molar-refractivity contribution in [1.82, 2.24) is 9.88 Å². The predicted molar refractivity (Wildman–Crippen MR) is 159 cm³/mol. The Morgan fingerprint density at radius 2 is 1.71 bits per heavy atom. The molecule has 0 aliphatic rings. The van der Waals surface area contributed by atoms with E-state index in [0.29, 0.717) is 27.9 Å². The number of aromatic nitrogens is 1. The lowest BCUT2D eigenvalue weighted by Gasteiger charge is -2.11. The van der Waals surface area contributed by atoms with Crippen molar-refractivity contribution >= 4 is 43.7 Å². The number of nitro benzene ring substituents is 1. The Kier molecular flexibility index (Phi) is 7.56. The molecule has 0 radical (unpaired) electrons. The molecular weight excluding hydrogens is 542 g/mol. The normalized spacial score (nSPS) is 12.1. The first-order valence-electron chi connectivity index (χ1n) is 12.6. The highest BCUT2D eigenvalue weighted by atomic mass is 32.2. The van der Waals surface area contributed by atoms with E-state index in [4.69, 9.17) is 4.99 Å². The molecule has 4 aromatic carbocycles. The summed E-state index contributed by atoms with van der Waals surface area (Å²) in [6.07, 6.45) is 0. The molecule has 10 nitrogen and oxygen atoms in total. The molecule has 0 aliphatic heterocycles. The van der Waals surface area contributed by atoms with E-state index in [9.17, 15) is 23.6 Å². The molecule has 11 heteroatoms. The smallest absolute Gasteiger partial charge is 0.271 e. The van der Waals surface area contributed by atoms with Gasteiger partial charge in [0.2, 0.25) is 0 Å². The Morgan fingerprint density at radius 3 is 2.39 bits per heavy atom. The summed E-state index contributed by atoms with van der Waals surface area (Å²) in [6.45, 7) is 0.778. The second-order valence-corrected chi connectivity index (χ2v) is 11.4. The van der Waals surface area contributed by atoms with Gasteiger partial charge in [-0.25, -0.2) is 13.4 Å². The molecule has 208 valence electrons. The van der Waals surface area contributed by atoms with Gasteiger partial charge in [-0.3, -0.25) is 14.8 Å². The number of H-pyrrole nitrogens is 1. The van der Waals surface area contributed by atoms with Gasteiger partial charge >= 0.3 is 0 Å². The Hall–Kier alpha value is -5.00. The van der Waals surface area contributed by atoms with Crippen molar-refractivity contribution in [3.05, 3.63) is 124 Å². The van der Waals surface area contributed by atoms with Crippen LogP contribution in [0.15, 0.2) is 107 Å². The van der Waals surface area contributed by atoms with Crippen LogP contribution < -0.4 is 4.72 Å². The van der Waals surface area contributed by atoms with E-state index in [1.165, 1.54) is 30.3 Å². The molecule has 0 saturated carbocycles. The van der Waals surface area contributed by atoms with Gasteiger partial charge in [0.05, 0.1) is 32.5 Å². The third-order valence-electron chi connectivity index (χ3n) is 6.33. The molecule has 5 aromatic rings. The number of aromatic amines is 1. The number of benzene rings is 4. The average Bonchev–Trinajstić information content (AvgIpc) is 3.27. The maximum atomic E-state index is 13.3. The lowest BCUT2D eigenvalue weighted by atomic mass is 10.0. The average molecular weight is 570 g/mol. The van der Waals surface area contributed by atoms with E-state index >= 15 is 0 Å². The highest BCUT2D eigenvalue weighted by molar-refractivity contribution is 7.92. The second-order valence-electron chi connectivity index (χ2n) is 9.70. The number of anilines is 1. The summed E-state index contributed by atoms with van der Waals surface area (Å²) in [4.78, 5) is 20.3. The second kappa shape index (κ2) is 11.2. The van der Waals surface area contributed by atoms with Crippen molar-refractivity contribution in [3.8, 4) is 5.88 Å². The zero-order valence-corrected chi connectivity index (χ0v) is 23.1. The van der Waals surface area contributed by atoms with E-state index in [2.05, 4.69) is 14.6 Å². The number of aromatic hydroxyl groups is 1. The third-order valence-corrected chi connectivity index (χ3v) is 7.71. The van der Waals surface area contributed by atoms with Gasteiger partial charge in [0.1, 0.15) is 0 Å². The minimum absolute atomic E-state index is 0.0562. The lowest BCUT2D eigenvalue weighted by molar-refractivity contribution is -0.384. The van der Waals surface area contributed by atoms with Crippen LogP contribution in [-0.4, -0.2) is 48.1 Å². The van der Waals surface area contributed by atoms with Crippen LogP contribution in [0.3, 0.4) is 0 Å². The molecule has 0 spiro atoms. The number of hydrogen-bond acceptors (Lipinski definition) is 7. The molecular formula is C30H27N5O5S. The van der Waals surface area contributed by atoms with E-state index in [0.717, 1.165) is 23.7 Å². The van der Waals surface area contributed by atoms with E-state index in [1.807, 2.05) is 68.7 Å². The molecule has 0 bridgehead atoms. The summed E-state index contributed by atoms with van der Waals surface area (Å²) in [6, 6.07) is 26.7. The zero-order valence-electron chi connectivity index (χ0n) is 22.3. The maximum absolute atomic E-state index is 13.3. The number of aliphatic imine (C=N–C) groups is 1. The Bertz CT molecular complexity index is 1870. The molecule has 0 saturated heterocycles. The summed E-state index contributed by atoms with van der Waals surface area (Å²) in [5.74, 6) is -0.159. The summed E-state index contributed by atoms with van der Waals surface area (Å²) >= 11 is 0. The molecule has 0 atom stereocenters. The van der Waals surface area contributed by atoms with Gasteiger partial charge in [-0.2, -0.15) is 0 Å². The summed E-state index contributed by atoms with van der Waals surface area (Å²) < 4.78 is 29.0. The number of non-ortho nitro benzene ring substituents is 1. The molecule has 5 rings (SSSR count). The molecule has 41 heavy (non-hydrogen) atoms. The summed E-state index contributed by atoms with van der Waals surface area (Å²) in [7, 11) is -0.145. The van der Waals surface area contributed by atoms with Gasteiger partial charge in [-0.05, 0) is 56.1 Å². The lowest BCUT2D eigenvalue weighted by Crippen LogP contribution is -2.13. The molecule has 0 amide bonds. The fourth-order valence-electron chi connectivity index (χ4n) is 4.49. The number of sulfonamides is 1. The number of rotatable bonds is 9. The van der Waals surface area contributed by atoms with Gasteiger partial charge in [0.25, 0.3) is 15.7 Å². The number of fused-ring (bicyclic) bond motifs is 1. The van der Waals surface area contributed by atoms with Gasteiger partial charge < -0.3 is 15.0 Å². The van der Waals surface area contributed by atoms with Gasteiger partial charge in [0, 0.05) is 35.1 Å². The SMILES string of the molecule is CN(C)Cc1ccc(N=C(c2ccccc2)c2c(O)[nH]c3ccc(S(=O)(=O)Nc4cccc([N+](=O)[O-])c4)cc23)cc1. The standard InChI is InChI=1S/C30H27N5O5S/c1-34(2)19-20-11-13-22(14-12-20)31-29(21-7-4-3-5-8-21)28-26-18-25(15-16-27(26)32-30(28)36)41(39,40)33-23-9-6-10-24(17-23)35(37)38/h3-18,32-33,36H,19H2,1-2H3. The molecule has 0 fully saturated rings. The van der Waals surface area contributed by atoms with Crippen LogP contribution in [0.5, 0.6) is 5.88 Å². The van der Waals surface area contributed by atoms with Crippen molar-refractivity contribution in [2.45, 2.75) is 11.4 Å². The third kappa shape index (κ3) is 6.11. The van der Waals surface area contributed by atoms with Crippen LogP contribution in [0, 0.1) is 10.1 Å². The first-order chi connectivity index (χ1) is 19.6. The molecule has 0 aliphatic carbocycles. The molecule has 0 unspecified atom stereocenters. The number of nitrogens with one attached hydrogen (secondary N) is 2. The Labute approximate surface area is 236 Å². The Balaban J connectivity index is 1.60. The van der Waals surface area contributed by atoms with Crippen LogP contribution in [0.25, 0.3) is 10.9 Å². The van der Waals surface area contributed by atoms with E-state index in [-0.39, 0.29) is 22.2 Å². The minimum Gasteiger partial charge on any atom is -0.494 e. The van der Waals surface area contributed by atoms with E-state index < -0.39 is 14.9 Å². The van der Waals surface area contributed by atoms with Crippen molar-refractivity contribution in [2.75, 3.05) is 18.8 Å². The fourth-order valence-corrected chi connectivity index (χ4v) is 5.57. The zero-order chi connectivity index (χ0) is 29.1. The highest BCUT2D eigenvalue weighted by Gasteiger charge is 2.22. The first-order valence-corrected chi connectivity index (χ1v) is 14.1. The van der Waals surface area contributed by atoms with Crippen LogP contribution in [0.2, 0.25) is 0 Å². The maximum Gasteiger partial charge on any atom is 0.271 e. The van der Waals surface area contributed by atoms with E-state index in [1.54, 1.807) is 6.07 Å². The van der Waals surface area contributed by atoms with Gasteiger partial charge in [-0.15, -0.1) is 0 Å². The molecule has 3 N–H and O–H groups in total. The van der Waals surface area contributed by atoms with Crippen LogP contribution in [0.1, 0.15) is 16.7 Å². The number of nitrogens with zero attached hydrogens (tertiary/aromatic N) is 3. The van der Waals surface area contributed by atoms with Crippen molar-refractivity contribution in [2.24, 2.45) is 4.99 Å². The van der Waals surface area contributed by atoms with Crippen LogP contribution >= 0.6 is 0 Å². The van der Waals surface area contributed by atoms with Crippen LogP contribution in [0.4, 0.5) is 17.1 Å². The number of nitro groups is 1. The fraction of sp³-hybridized carbons (Fsp3) is 0.100. The molecule has 1 aromatic heterocycles.